The molecule has 0 aromatic heterocycles. The highest BCUT2D eigenvalue weighted by Crippen LogP contribution is 2.55. The molecule has 1 N–H and O–H groups in total. The molecule has 1 saturated carbocycles. The van der Waals surface area contributed by atoms with Gasteiger partial charge in [-0.1, -0.05) is 38.7 Å². The maximum atomic E-state index is 11.9. The van der Waals surface area contributed by atoms with Gasteiger partial charge in [0.15, 0.2) is 6.61 Å². The lowest BCUT2D eigenvalue weighted by Crippen LogP contribution is -2.46. The van der Waals surface area contributed by atoms with Crippen molar-refractivity contribution in [3.8, 4) is 11.5 Å². The number of ether oxygens (including phenoxy) is 3. The van der Waals surface area contributed by atoms with E-state index in [1.807, 2.05) is 6.92 Å². The number of hydrogen-bond donors (Lipinski definition) is 1. The van der Waals surface area contributed by atoms with Crippen molar-refractivity contribution in [3.63, 3.8) is 0 Å². The number of unbranched alkanes of at least 4 members (excludes halogenated alkanes) is 2. The first-order valence-electron chi connectivity index (χ1n) is 11.7. The number of benzene rings is 1. The zero-order valence-electron chi connectivity index (χ0n) is 19.8. The molecule has 2 aliphatic rings. The van der Waals surface area contributed by atoms with Gasteiger partial charge in [-0.15, -0.1) is 0 Å². The Hall–Kier alpha value is -2.11. The zero-order valence-corrected chi connectivity index (χ0v) is 19.8. The molecule has 0 saturated heterocycles. The Morgan fingerprint density at radius 3 is 2.61 bits per heavy atom. The Bertz CT molecular complexity index is 733. The summed E-state index contributed by atoms with van der Waals surface area (Å²) in [5.41, 5.74) is 6.72. The number of nitroso groups, excluding NO2 is 1. The highest BCUT2D eigenvalue weighted by atomic mass is 16.6. The van der Waals surface area contributed by atoms with E-state index >= 15 is 0 Å². The summed E-state index contributed by atoms with van der Waals surface area (Å²) in [6.45, 7) is 11.2. The van der Waals surface area contributed by atoms with Crippen molar-refractivity contribution >= 4 is 5.97 Å². The molecule has 1 aromatic carbocycles. The van der Waals surface area contributed by atoms with Gasteiger partial charge in [-0.2, -0.15) is 4.91 Å². The summed E-state index contributed by atoms with van der Waals surface area (Å²) in [4.78, 5) is 19.4. The van der Waals surface area contributed by atoms with Crippen LogP contribution in [0.3, 0.4) is 0 Å². The van der Waals surface area contributed by atoms with Crippen LogP contribution in [0.1, 0.15) is 90.2 Å². The molecule has 1 aliphatic heterocycles. The van der Waals surface area contributed by atoms with Gasteiger partial charge in [-0.25, -0.2) is 4.79 Å². The SMILES string of the molecule is CCCCCc1cc(OCC(=O)OCC)c2c(c1)OC(C)(C)[C@@H]1CCC(C)C[C@@H]21.N=O. The van der Waals surface area contributed by atoms with Gasteiger partial charge < -0.3 is 14.2 Å². The molecule has 1 heterocycles. The summed E-state index contributed by atoms with van der Waals surface area (Å²) in [5, 5.41) is 0. The smallest absolute Gasteiger partial charge is 0.344 e. The van der Waals surface area contributed by atoms with Crippen molar-refractivity contribution in [2.75, 3.05) is 13.2 Å². The van der Waals surface area contributed by atoms with E-state index < -0.39 is 0 Å². The van der Waals surface area contributed by atoms with E-state index in [0.29, 0.717) is 24.4 Å². The van der Waals surface area contributed by atoms with E-state index in [-0.39, 0.29) is 18.2 Å². The quantitative estimate of drug-likeness (QED) is 0.292. The number of nitrogens with one attached hydrogen (secondary N) is 1. The molecule has 6 nitrogen and oxygen atoms in total. The van der Waals surface area contributed by atoms with Crippen LogP contribution >= 0.6 is 0 Å². The topological polar surface area (TPSA) is 85.7 Å². The number of rotatable bonds is 8. The molecule has 174 valence electrons. The summed E-state index contributed by atoms with van der Waals surface area (Å²) in [6.07, 6.45) is 8.14. The molecule has 3 rings (SSSR count). The van der Waals surface area contributed by atoms with Crippen LogP contribution in [0.2, 0.25) is 0 Å². The molecule has 1 aliphatic carbocycles. The van der Waals surface area contributed by atoms with Crippen LogP contribution in [0, 0.1) is 22.3 Å². The van der Waals surface area contributed by atoms with Gasteiger partial charge in [-0.3, -0.25) is 0 Å². The van der Waals surface area contributed by atoms with E-state index in [2.05, 4.69) is 45.4 Å². The standard InChI is InChI=1S/C25H38O4.HNO/c1-6-8-9-10-18-14-21(28-16-23(26)27-7-2)24-19-13-17(3)11-12-20(19)25(4,5)29-22(24)15-18;1-2/h14-15,17,19-20H,6-13,16H2,1-5H3;1H/t17?,19-,20-;/m1./s1. The van der Waals surface area contributed by atoms with Gasteiger partial charge in [0.25, 0.3) is 0 Å². The lowest BCUT2D eigenvalue weighted by atomic mass is 9.64. The molecule has 0 bridgehead atoms. The van der Waals surface area contributed by atoms with Gasteiger partial charge >= 0.3 is 5.97 Å². The van der Waals surface area contributed by atoms with Crippen LogP contribution in [0.5, 0.6) is 11.5 Å². The third-order valence-electron chi connectivity index (χ3n) is 6.63. The summed E-state index contributed by atoms with van der Waals surface area (Å²) in [5.74, 6) is 3.05. The van der Waals surface area contributed by atoms with Gasteiger partial charge in [0, 0.05) is 11.5 Å². The van der Waals surface area contributed by atoms with Crippen molar-refractivity contribution < 1.29 is 19.0 Å². The Labute approximate surface area is 186 Å². The zero-order chi connectivity index (χ0) is 23.0. The minimum Gasteiger partial charge on any atom is -0.487 e. The summed E-state index contributed by atoms with van der Waals surface area (Å²) in [6, 6.07) is 4.37. The minimum absolute atomic E-state index is 0.0466. The van der Waals surface area contributed by atoms with Crippen LogP contribution in [0.15, 0.2) is 12.1 Å². The average molecular weight is 434 g/mol. The number of hydrogen-bond acceptors (Lipinski definition) is 6. The predicted octanol–water partition coefficient (Wildman–Crippen LogP) is 6.38. The third-order valence-corrected chi connectivity index (χ3v) is 6.63. The number of fused-ring (bicyclic) bond motifs is 3. The van der Waals surface area contributed by atoms with Crippen molar-refractivity contribution in [2.45, 2.75) is 91.1 Å². The van der Waals surface area contributed by atoms with Crippen LogP contribution in [0.4, 0.5) is 0 Å². The van der Waals surface area contributed by atoms with Crippen molar-refractivity contribution in [3.05, 3.63) is 28.2 Å². The molecular formula is C25H39NO5. The average Bonchev–Trinajstić information content (AvgIpc) is 2.73. The highest BCUT2D eigenvalue weighted by Gasteiger charge is 2.47. The maximum absolute atomic E-state index is 11.9. The fraction of sp³-hybridized carbons (Fsp3) is 0.720. The maximum Gasteiger partial charge on any atom is 0.344 e. The van der Waals surface area contributed by atoms with Gasteiger partial charge in [-0.05, 0) is 76.0 Å². The van der Waals surface area contributed by atoms with Crippen LogP contribution in [0.25, 0.3) is 0 Å². The summed E-state index contributed by atoms with van der Waals surface area (Å²) in [7, 11) is 0. The van der Waals surface area contributed by atoms with Crippen LogP contribution in [-0.2, 0) is 16.0 Å². The fourth-order valence-electron chi connectivity index (χ4n) is 5.18. The van der Waals surface area contributed by atoms with Crippen LogP contribution < -0.4 is 9.47 Å². The lowest BCUT2D eigenvalue weighted by molar-refractivity contribution is -0.145. The number of esters is 1. The second-order valence-electron chi connectivity index (χ2n) is 9.39. The molecule has 0 radical (unpaired) electrons. The predicted molar refractivity (Wildman–Crippen MR) is 122 cm³/mol. The normalized spacial score (nSPS) is 23.3. The Morgan fingerprint density at radius 1 is 1.19 bits per heavy atom. The molecule has 0 amide bonds. The molecule has 31 heavy (non-hydrogen) atoms. The minimum atomic E-state index is -0.316. The molecule has 1 fully saturated rings. The van der Waals surface area contributed by atoms with E-state index in [0.717, 1.165) is 30.8 Å². The Kier molecular flexibility index (Phi) is 9.32. The number of aryl methyl sites for hydroxylation is 1. The molecular weight excluding hydrogens is 394 g/mol. The Balaban J connectivity index is 0.00000166. The molecule has 6 heteroatoms. The second kappa shape index (κ2) is 11.5. The van der Waals surface area contributed by atoms with Crippen LogP contribution in [-0.4, -0.2) is 24.8 Å². The monoisotopic (exact) mass is 433 g/mol. The molecule has 1 aromatic rings. The molecule has 1 unspecified atom stereocenters. The first kappa shape index (κ1) is 25.2. The van der Waals surface area contributed by atoms with Gasteiger partial charge in [0.05, 0.1) is 6.61 Å². The number of carbonyl (C=O) groups is 1. The van der Waals surface area contributed by atoms with E-state index in [9.17, 15) is 4.79 Å². The third kappa shape index (κ3) is 6.20. The first-order valence-corrected chi connectivity index (χ1v) is 11.7. The van der Waals surface area contributed by atoms with Crippen molar-refractivity contribution in [1.29, 1.82) is 5.59 Å². The van der Waals surface area contributed by atoms with Gasteiger partial charge in [0.2, 0.25) is 0 Å². The van der Waals surface area contributed by atoms with Crippen molar-refractivity contribution in [2.24, 2.45) is 11.8 Å². The van der Waals surface area contributed by atoms with E-state index in [4.69, 9.17) is 19.1 Å². The first-order chi connectivity index (χ1) is 14.9. The molecule has 3 atom stereocenters. The molecule has 0 spiro atoms. The van der Waals surface area contributed by atoms with Gasteiger partial charge in [0.1, 0.15) is 17.1 Å². The van der Waals surface area contributed by atoms with E-state index in [1.54, 1.807) is 0 Å². The number of carbonyl (C=O) groups excluding carboxylic acids is 1. The lowest BCUT2D eigenvalue weighted by Gasteiger charge is -2.49. The summed E-state index contributed by atoms with van der Waals surface area (Å²) < 4.78 is 17.7. The Morgan fingerprint density at radius 2 is 1.94 bits per heavy atom. The summed E-state index contributed by atoms with van der Waals surface area (Å²) >= 11 is 0. The largest absolute Gasteiger partial charge is 0.487 e. The fourth-order valence-corrected chi connectivity index (χ4v) is 5.18. The van der Waals surface area contributed by atoms with E-state index in [1.165, 1.54) is 36.8 Å². The highest BCUT2D eigenvalue weighted by molar-refractivity contribution is 5.71. The second-order valence-corrected chi connectivity index (χ2v) is 9.39. The van der Waals surface area contributed by atoms with Crippen molar-refractivity contribution in [1.82, 2.24) is 0 Å².